The number of sulfonamides is 1. The first-order valence-electron chi connectivity index (χ1n) is 6.18. The van der Waals surface area contributed by atoms with Gasteiger partial charge in [0.1, 0.15) is 0 Å². The Morgan fingerprint density at radius 2 is 2.21 bits per heavy atom. The number of aryl methyl sites for hydroxylation is 1. The largest absolute Gasteiger partial charge is 0.305 e. The van der Waals surface area contributed by atoms with Gasteiger partial charge in [-0.25, -0.2) is 8.42 Å². The highest BCUT2D eigenvalue weighted by atomic mass is 35.5. The summed E-state index contributed by atoms with van der Waals surface area (Å²) in [6.45, 7) is 3.00. The molecule has 1 atom stereocenters. The predicted molar refractivity (Wildman–Crippen MR) is 79.5 cm³/mol. The summed E-state index contributed by atoms with van der Waals surface area (Å²) < 4.78 is 26.8. The van der Waals surface area contributed by atoms with E-state index in [1.807, 2.05) is 21.0 Å². The van der Waals surface area contributed by atoms with Crippen molar-refractivity contribution < 1.29 is 8.42 Å². The van der Waals surface area contributed by atoms with Crippen LogP contribution in [-0.2, 0) is 15.9 Å². The molecule has 4 nitrogen and oxygen atoms in total. The van der Waals surface area contributed by atoms with Crippen molar-refractivity contribution in [2.45, 2.75) is 30.2 Å². The van der Waals surface area contributed by atoms with Crippen LogP contribution in [0.5, 0.6) is 0 Å². The lowest BCUT2D eigenvalue weighted by Crippen LogP contribution is -2.34. The molecule has 1 fully saturated rings. The second kappa shape index (κ2) is 5.69. The molecule has 108 valence electrons. The fourth-order valence-electron chi connectivity index (χ4n) is 2.34. The van der Waals surface area contributed by atoms with Crippen molar-refractivity contribution in [2.75, 3.05) is 27.2 Å². The van der Waals surface area contributed by atoms with Gasteiger partial charge in [0.25, 0.3) is 0 Å². The zero-order chi connectivity index (χ0) is 14.2. The second-order valence-corrected chi connectivity index (χ2v) is 8.55. The van der Waals surface area contributed by atoms with E-state index in [0.29, 0.717) is 29.9 Å². The molecule has 0 aromatic carbocycles. The third-order valence-electron chi connectivity index (χ3n) is 3.53. The molecular formula is C12H19ClN2O2S2. The Hall–Kier alpha value is -0.140. The molecule has 1 aromatic heterocycles. The fourth-order valence-corrected chi connectivity index (χ4v) is 5.52. The summed E-state index contributed by atoms with van der Waals surface area (Å²) in [6.07, 6.45) is 0.887. The highest BCUT2D eigenvalue weighted by molar-refractivity contribution is 7.89. The molecule has 1 saturated heterocycles. The highest BCUT2D eigenvalue weighted by Gasteiger charge is 2.34. The monoisotopic (exact) mass is 322 g/mol. The number of rotatable bonds is 4. The molecule has 19 heavy (non-hydrogen) atoms. The van der Waals surface area contributed by atoms with E-state index in [1.165, 1.54) is 11.3 Å². The second-order valence-electron chi connectivity index (χ2n) is 5.04. The average Bonchev–Trinajstić information content (AvgIpc) is 2.95. The Morgan fingerprint density at radius 1 is 1.53 bits per heavy atom. The van der Waals surface area contributed by atoms with Crippen LogP contribution in [0.2, 0.25) is 0 Å². The number of halogens is 1. The average molecular weight is 323 g/mol. The van der Waals surface area contributed by atoms with E-state index in [0.717, 1.165) is 16.2 Å². The van der Waals surface area contributed by atoms with Crippen LogP contribution >= 0.6 is 22.9 Å². The number of likely N-dealkylation sites (N-methyl/N-ethyl adjacent to an activating group) is 1. The molecule has 7 heteroatoms. The van der Waals surface area contributed by atoms with Crippen LogP contribution in [0.3, 0.4) is 0 Å². The minimum atomic E-state index is -3.37. The van der Waals surface area contributed by atoms with Crippen molar-refractivity contribution in [1.82, 2.24) is 9.21 Å². The minimum Gasteiger partial charge on any atom is -0.305 e. The van der Waals surface area contributed by atoms with E-state index >= 15 is 0 Å². The summed E-state index contributed by atoms with van der Waals surface area (Å²) in [5.74, 6) is 0.362. The van der Waals surface area contributed by atoms with Gasteiger partial charge in [-0.2, -0.15) is 4.31 Å². The van der Waals surface area contributed by atoms with Crippen LogP contribution < -0.4 is 0 Å². The maximum atomic E-state index is 12.6. The smallest absolute Gasteiger partial charge is 0.244 e. The molecule has 1 aliphatic rings. The number of hydrogen-bond acceptors (Lipinski definition) is 4. The third-order valence-corrected chi connectivity index (χ3v) is 7.15. The summed E-state index contributed by atoms with van der Waals surface area (Å²) in [5.41, 5.74) is 0. The van der Waals surface area contributed by atoms with E-state index in [-0.39, 0.29) is 0 Å². The third kappa shape index (κ3) is 2.97. The number of hydrogen-bond donors (Lipinski definition) is 0. The van der Waals surface area contributed by atoms with Gasteiger partial charge in [-0.3, -0.25) is 0 Å². The van der Waals surface area contributed by atoms with Crippen molar-refractivity contribution >= 4 is 33.0 Å². The van der Waals surface area contributed by atoms with Gasteiger partial charge in [-0.1, -0.05) is 0 Å². The van der Waals surface area contributed by atoms with Gasteiger partial charge >= 0.3 is 0 Å². The van der Waals surface area contributed by atoms with Crippen molar-refractivity contribution in [2.24, 2.45) is 0 Å². The zero-order valence-corrected chi connectivity index (χ0v) is 13.8. The summed E-state index contributed by atoms with van der Waals surface area (Å²) in [6, 6.07) is 2.02. The Labute approximate surface area is 124 Å². The predicted octanol–water partition coefficient (Wildman–Crippen LogP) is 2.12. The van der Waals surface area contributed by atoms with E-state index in [9.17, 15) is 8.42 Å². The SMILES string of the molecule is Cc1sc(CCl)cc1S(=O)(=O)N1CCC(N(C)C)C1. The lowest BCUT2D eigenvalue weighted by molar-refractivity contribution is 0.302. The van der Waals surface area contributed by atoms with Gasteiger partial charge in [-0.05, 0) is 33.5 Å². The van der Waals surface area contributed by atoms with E-state index in [4.69, 9.17) is 11.6 Å². The molecule has 0 amide bonds. The summed E-state index contributed by atoms with van der Waals surface area (Å²) in [7, 11) is 0.610. The summed E-state index contributed by atoms with van der Waals surface area (Å²) in [5, 5.41) is 0. The van der Waals surface area contributed by atoms with Crippen LogP contribution in [0, 0.1) is 6.92 Å². The lowest BCUT2D eigenvalue weighted by atomic mass is 10.2. The van der Waals surface area contributed by atoms with Crippen LogP contribution in [0.25, 0.3) is 0 Å². The number of alkyl halides is 1. The normalized spacial score (nSPS) is 21.4. The first-order valence-corrected chi connectivity index (χ1v) is 8.97. The molecule has 2 rings (SSSR count). The molecule has 0 radical (unpaired) electrons. The molecule has 0 bridgehead atoms. The van der Waals surface area contributed by atoms with Gasteiger partial charge in [0.05, 0.1) is 10.8 Å². The molecule has 0 saturated carbocycles. The first-order chi connectivity index (χ1) is 8.86. The standard InChI is InChI=1S/C12H19ClN2O2S2/c1-9-12(6-11(7-13)18-9)19(16,17)15-5-4-10(8-15)14(2)3/h6,10H,4-5,7-8H2,1-3H3. The maximum absolute atomic E-state index is 12.6. The van der Waals surface area contributed by atoms with Crippen molar-refractivity contribution in [3.05, 3.63) is 15.8 Å². The zero-order valence-electron chi connectivity index (χ0n) is 11.4. The van der Waals surface area contributed by atoms with Crippen molar-refractivity contribution in [1.29, 1.82) is 0 Å². The van der Waals surface area contributed by atoms with Gasteiger partial charge < -0.3 is 4.90 Å². The molecule has 0 spiro atoms. The quantitative estimate of drug-likeness (QED) is 0.797. The fraction of sp³-hybridized carbons (Fsp3) is 0.667. The van der Waals surface area contributed by atoms with Gasteiger partial charge in [0.2, 0.25) is 10.0 Å². The van der Waals surface area contributed by atoms with Gasteiger partial charge in [0.15, 0.2) is 0 Å². The van der Waals surface area contributed by atoms with Gasteiger partial charge in [-0.15, -0.1) is 22.9 Å². The van der Waals surface area contributed by atoms with Crippen LogP contribution in [0.15, 0.2) is 11.0 Å². The Balaban J connectivity index is 2.26. The molecule has 1 unspecified atom stereocenters. The maximum Gasteiger partial charge on any atom is 0.244 e. The Kier molecular flexibility index (Phi) is 4.57. The summed E-state index contributed by atoms with van der Waals surface area (Å²) in [4.78, 5) is 4.23. The molecule has 2 heterocycles. The molecule has 0 aliphatic carbocycles. The van der Waals surface area contributed by atoms with Crippen molar-refractivity contribution in [3.8, 4) is 0 Å². The Bertz CT molecular complexity index is 554. The first kappa shape index (κ1) is 15.3. The van der Waals surface area contributed by atoms with E-state index in [1.54, 1.807) is 10.4 Å². The van der Waals surface area contributed by atoms with Crippen molar-refractivity contribution in [3.63, 3.8) is 0 Å². The molecule has 0 N–H and O–H groups in total. The summed E-state index contributed by atoms with van der Waals surface area (Å²) >= 11 is 7.24. The van der Waals surface area contributed by atoms with E-state index in [2.05, 4.69) is 4.90 Å². The van der Waals surface area contributed by atoms with Crippen LogP contribution in [0.4, 0.5) is 0 Å². The van der Waals surface area contributed by atoms with E-state index < -0.39 is 10.0 Å². The number of nitrogens with zero attached hydrogens (tertiary/aromatic N) is 2. The van der Waals surface area contributed by atoms with Gasteiger partial charge in [0, 0.05) is 28.9 Å². The van der Waals surface area contributed by atoms with Crippen LogP contribution in [-0.4, -0.2) is 50.8 Å². The molecule has 1 aliphatic heterocycles. The topological polar surface area (TPSA) is 40.6 Å². The molecular weight excluding hydrogens is 304 g/mol. The van der Waals surface area contributed by atoms with Crippen LogP contribution in [0.1, 0.15) is 16.2 Å². The molecule has 1 aromatic rings. The minimum absolute atomic E-state index is 0.307. The number of thiophene rings is 1. The Morgan fingerprint density at radius 3 is 2.68 bits per heavy atom. The highest BCUT2D eigenvalue weighted by Crippen LogP contribution is 2.31. The lowest BCUT2D eigenvalue weighted by Gasteiger charge is -2.20.